The molecule has 30 heavy (non-hydrogen) atoms. The van der Waals surface area contributed by atoms with Crippen molar-refractivity contribution < 1.29 is 21.9 Å². The van der Waals surface area contributed by atoms with Gasteiger partial charge in [-0.15, -0.1) is 0 Å². The van der Waals surface area contributed by atoms with Crippen LogP contribution in [-0.4, -0.2) is 32.8 Å². The number of rotatable bonds is 8. The number of hydrogen-bond acceptors (Lipinski definition) is 6. The summed E-state index contributed by atoms with van der Waals surface area (Å²) in [5.41, 5.74) is -2.50. The van der Waals surface area contributed by atoms with E-state index in [0.717, 1.165) is 18.2 Å². The lowest BCUT2D eigenvalue weighted by atomic mass is 9.94. The molecule has 0 aliphatic heterocycles. The van der Waals surface area contributed by atoms with Crippen LogP contribution in [0, 0.1) is 33.2 Å². The SMILES string of the molecule is CC(C)(C)[S@@](=O)N[C@@](C)(CS(=O)(=O)C(C)(C#N)C1CC1)c1cc([N+](=O)[O-])ccc1F. The van der Waals surface area contributed by atoms with Gasteiger partial charge in [0.05, 0.1) is 38.0 Å². The van der Waals surface area contributed by atoms with Gasteiger partial charge in [0.2, 0.25) is 0 Å². The molecule has 1 aliphatic rings. The quantitative estimate of drug-likeness (QED) is 0.469. The van der Waals surface area contributed by atoms with Crippen molar-refractivity contribution in [3.8, 4) is 6.07 Å². The third kappa shape index (κ3) is 4.71. The van der Waals surface area contributed by atoms with Gasteiger partial charge in [-0.2, -0.15) is 5.26 Å². The Morgan fingerprint density at radius 3 is 2.30 bits per heavy atom. The fourth-order valence-electron chi connectivity index (χ4n) is 3.15. The predicted octanol–water partition coefficient (Wildman–Crippen LogP) is 3.11. The molecule has 1 aliphatic carbocycles. The minimum absolute atomic E-state index is 0.297. The zero-order valence-corrected chi connectivity index (χ0v) is 19.2. The van der Waals surface area contributed by atoms with Gasteiger partial charge >= 0.3 is 0 Å². The van der Waals surface area contributed by atoms with Crippen LogP contribution < -0.4 is 4.72 Å². The Hall–Kier alpha value is -1.90. The Kier molecular flexibility index (Phi) is 6.48. The Morgan fingerprint density at radius 1 is 1.30 bits per heavy atom. The van der Waals surface area contributed by atoms with Gasteiger partial charge in [0.15, 0.2) is 14.6 Å². The molecule has 1 saturated carbocycles. The molecular formula is C19H26FN3O5S2. The molecule has 1 N–H and O–H groups in total. The van der Waals surface area contributed by atoms with E-state index in [0.29, 0.717) is 12.8 Å². The number of nitro benzene ring substituents is 1. The lowest BCUT2D eigenvalue weighted by Crippen LogP contribution is -2.53. The molecule has 0 heterocycles. The highest BCUT2D eigenvalue weighted by Gasteiger charge is 2.54. The van der Waals surface area contributed by atoms with Gasteiger partial charge in [-0.3, -0.25) is 10.1 Å². The second-order valence-electron chi connectivity index (χ2n) is 8.99. The van der Waals surface area contributed by atoms with Gasteiger partial charge in [0, 0.05) is 17.7 Å². The number of sulfone groups is 1. The Balaban J connectivity index is 2.64. The summed E-state index contributed by atoms with van der Waals surface area (Å²) in [7, 11) is -5.98. The molecule has 2 rings (SSSR count). The number of nitro groups is 1. The smallest absolute Gasteiger partial charge is 0.258 e. The van der Waals surface area contributed by atoms with E-state index in [2.05, 4.69) is 4.72 Å². The van der Waals surface area contributed by atoms with Crippen LogP contribution >= 0.6 is 0 Å². The zero-order valence-electron chi connectivity index (χ0n) is 17.6. The number of nitriles is 1. The van der Waals surface area contributed by atoms with E-state index < -0.39 is 58.0 Å². The minimum atomic E-state index is -4.15. The second kappa shape index (κ2) is 7.98. The number of nitrogens with one attached hydrogen (secondary N) is 1. The first-order valence-corrected chi connectivity index (χ1v) is 12.2. The van der Waals surface area contributed by atoms with E-state index in [1.54, 1.807) is 20.8 Å². The van der Waals surface area contributed by atoms with Crippen LogP contribution in [0.4, 0.5) is 10.1 Å². The molecule has 1 fully saturated rings. The predicted molar refractivity (Wildman–Crippen MR) is 112 cm³/mol. The summed E-state index contributed by atoms with van der Waals surface area (Å²) in [5.74, 6) is -1.96. The maximum Gasteiger partial charge on any atom is 0.269 e. The molecule has 1 aromatic rings. The highest BCUT2D eigenvalue weighted by Crippen LogP contribution is 2.45. The fraction of sp³-hybridized carbons (Fsp3) is 0.632. The van der Waals surface area contributed by atoms with Crippen LogP contribution in [0.3, 0.4) is 0 Å². The number of non-ortho nitro benzene ring substituents is 1. The van der Waals surface area contributed by atoms with Crippen LogP contribution in [-0.2, 0) is 26.4 Å². The molecule has 0 bridgehead atoms. The average molecular weight is 460 g/mol. The van der Waals surface area contributed by atoms with Crippen LogP contribution in [0.5, 0.6) is 0 Å². The van der Waals surface area contributed by atoms with Gasteiger partial charge in [-0.05, 0) is 59.4 Å². The van der Waals surface area contributed by atoms with Crippen molar-refractivity contribution in [1.82, 2.24) is 4.72 Å². The van der Waals surface area contributed by atoms with E-state index >= 15 is 0 Å². The van der Waals surface area contributed by atoms with Gasteiger partial charge < -0.3 is 0 Å². The molecule has 8 nitrogen and oxygen atoms in total. The molecule has 3 atom stereocenters. The highest BCUT2D eigenvalue weighted by molar-refractivity contribution is 7.93. The summed E-state index contributed by atoms with van der Waals surface area (Å²) in [6, 6.07) is 4.68. The first-order valence-electron chi connectivity index (χ1n) is 9.35. The van der Waals surface area contributed by atoms with Gasteiger partial charge in [0.1, 0.15) is 5.82 Å². The summed E-state index contributed by atoms with van der Waals surface area (Å²) in [5, 5.41) is 20.8. The maximum atomic E-state index is 14.8. The topological polar surface area (TPSA) is 130 Å². The molecule has 11 heteroatoms. The van der Waals surface area contributed by atoms with Crippen molar-refractivity contribution >= 4 is 26.5 Å². The lowest BCUT2D eigenvalue weighted by Gasteiger charge is -2.35. The van der Waals surface area contributed by atoms with E-state index in [1.807, 2.05) is 6.07 Å². The van der Waals surface area contributed by atoms with E-state index in [1.165, 1.54) is 13.8 Å². The van der Waals surface area contributed by atoms with E-state index in [4.69, 9.17) is 0 Å². The summed E-state index contributed by atoms with van der Waals surface area (Å²) in [6.45, 7) is 7.63. The van der Waals surface area contributed by atoms with Crippen molar-refractivity contribution in [2.45, 2.75) is 62.5 Å². The molecule has 0 aromatic heterocycles. The van der Waals surface area contributed by atoms with Gasteiger partial charge in [-0.1, -0.05) is 0 Å². The minimum Gasteiger partial charge on any atom is -0.258 e. The van der Waals surface area contributed by atoms with Crippen LogP contribution in [0.2, 0.25) is 0 Å². The van der Waals surface area contributed by atoms with Gasteiger partial charge in [-0.25, -0.2) is 21.7 Å². The van der Waals surface area contributed by atoms with Crippen molar-refractivity contribution in [2.75, 3.05) is 5.75 Å². The fourth-order valence-corrected chi connectivity index (χ4v) is 6.31. The number of benzene rings is 1. The molecule has 1 unspecified atom stereocenters. The first-order chi connectivity index (χ1) is 13.6. The lowest BCUT2D eigenvalue weighted by molar-refractivity contribution is -0.385. The number of hydrogen-bond donors (Lipinski definition) is 1. The third-order valence-electron chi connectivity index (χ3n) is 5.33. The molecule has 0 spiro atoms. The van der Waals surface area contributed by atoms with Crippen LogP contribution in [0.15, 0.2) is 18.2 Å². The van der Waals surface area contributed by atoms with Gasteiger partial charge in [0.25, 0.3) is 5.69 Å². The van der Waals surface area contributed by atoms with Crippen molar-refractivity contribution in [3.05, 3.63) is 39.7 Å². The molecule has 1 aromatic carbocycles. The summed E-state index contributed by atoms with van der Waals surface area (Å²) < 4.78 is 54.4. The maximum absolute atomic E-state index is 14.8. The standard InChI is InChI=1S/C19H26FN3O5S2/c1-17(2,3)29(26)22-18(4,15-10-14(23(24)25)8-9-16(15)20)12-30(27,28)19(5,11-21)13-6-7-13/h8-10,13,22H,6-7,12H2,1-5H3/t18-,19?,29+/m0/s1. The number of halogens is 1. The van der Waals surface area contributed by atoms with E-state index in [9.17, 15) is 32.4 Å². The number of nitrogens with zero attached hydrogens (tertiary/aromatic N) is 2. The Bertz CT molecular complexity index is 1030. The summed E-state index contributed by atoms with van der Waals surface area (Å²) in [4.78, 5) is 10.5. The van der Waals surface area contributed by atoms with Crippen molar-refractivity contribution in [2.24, 2.45) is 5.92 Å². The molecule has 0 radical (unpaired) electrons. The molecule has 166 valence electrons. The van der Waals surface area contributed by atoms with Crippen LogP contribution in [0.25, 0.3) is 0 Å². The second-order valence-corrected chi connectivity index (χ2v) is 13.3. The molecular weight excluding hydrogens is 433 g/mol. The highest BCUT2D eigenvalue weighted by atomic mass is 32.2. The average Bonchev–Trinajstić information content (AvgIpc) is 3.44. The molecule has 0 saturated heterocycles. The normalized spacial score (nSPS) is 19.9. The summed E-state index contributed by atoms with van der Waals surface area (Å²) >= 11 is 0. The largest absolute Gasteiger partial charge is 0.269 e. The van der Waals surface area contributed by atoms with Crippen molar-refractivity contribution in [3.63, 3.8) is 0 Å². The van der Waals surface area contributed by atoms with Crippen LogP contribution in [0.1, 0.15) is 53.0 Å². The van der Waals surface area contributed by atoms with Crippen molar-refractivity contribution in [1.29, 1.82) is 5.26 Å². The first kappa shape index (κ1) is 24.4. The monoisotopic (exact) mass is 459 g/mol. The summed E-state index contributed by atoms with van der Waals surface area (Å²) in [6.07, 6.45) is 1.18. The third-order valence-corrected chi connectivity index (χ3v) is 9.75. The van der Waals surface area contributed by atoms with E-state index in [-0.39, 0.29) is 11.5 Å². The Labute approximate surface area is 178 Å². The zero-order chi connectivity index (χ0) is 23.1. The Morgan fingerprint density at radius 2 is 1.87 bits per heavy atom. The molecule has 0 amide bonds.